The van der Waals surface area contributed by atoms with Gasteiger partial charge in [-0.3, -0.25) is 9.48 Å². The van der Waals surface area contributed by atoms with Crippen molar-refractivity contribution in [1.82, 2.24) is 15.1 Å². The van der Waals surface area contributed by atoms with E-state index in [4.69, 9.17) is 0 Å². The molecule has 0 bridgehead atoms. The van der Waals surface area contributed by atoms with Gasteiger partial charge in [0.25, 0.3) is 0 Å². The van der Waals surface area contributed by atoms with E-state index in [2.05, 4.69) is 15.2 Å². The number of methoxy groups -OCH3 is 1. The van der Waals surface area contributed by atoms with E-state index < -0.39 is 11.9 Å². The third-order valence-corrected chi connectivity index (χ3v) is 1.83. The van der Waals surface area contributed by atoms with Gasteiger partial charge < -0.3 is 10.1 Å². The van der Waals surface area contributed by atoms with E-state index >= 15 is 0 Å². The summed E-state index contributed by atoms with van der Waals surface area (Å²) < 4.78 is 5.93. The summed E-state index contributed by atoms with van der Waals surface area (Å²) in [6.07, 6.45) is 4.20. The Kier molecular flexibility index (Phi) is 3.84. The first-order chi connectivity index (χ1) is 7.13. The van der Waals surface area contributed by atoms with Gasteiger partial charge in [-0.15, -0.1) is 0 Å². The molecule has 0 aliphatic rings. The number of amides is 1. The van der Waals surface area contributed by atoms with Crippen LogP contribution in [0, 0.1) is 0 Å². The highest BCUT2D eigenvalue weighted by atomic mass is 16.5. The number of aryl methyl sites for hydroxylation is 1. The summed E-state index contributed by atoms with van der Waals surface area (Å²) in [6.45, 7) is 0.389. The maximum absolute atomic E-state index is 11.0. The Bertz CT molecular complexity index is 359. The molecule has 0 spiro atoms. The van der Waals surface area contributed by atoms with Gasteiger partial charge in [0.05, 0.1) is 13.3 Å². The quantitative estimate of drug-likeness (QED) is 0.527. The van der Waals surface area contributed by atoms with Gasteiger partial charge >= 0.3 is 11.9 Å². The number of nitrogens with zero attached hydrogens (tertiary/aromatic N) is 2. The molecular formula is C9H13N3O3. The van der Waals surface area contributed by atoms with Crippen molar-refractivity contribution in [2.75, 3.05) is 13.7 Å². The van der Waals surface area contributed by atoms with Crippen molar-refractivity contribution in [3.8, 4) is 0 Å². The molecule has 0 fully saturated rings. The largest absolute Gasteiger partial charge is 0.462 e. The fourth-order valence-corrected chi connectivity index (χ4v) is 1.09. The first-order valence-corrected chi connectivity index (χ1v) is 4.47. The van der Waals surface area contributed by atoms with Gasteiger partial charge in [0, 0.05) is 19.8 Å². The standard InChI is InChI=1S/C9H13N3O3/c1-12-6-7(5-11-12)3-4-10-8(13)9(14)15-2/h5-6H,3-4H2,1-2H3,(H,10,13). The van der Waals surface area contributed by atoms with Crippen LogP contribution in [0.5, 0.6) is 0 Å². The molecule has 1 heterocycles. The Morgan fingerprint density at radius 2 is 2.33 bits per heavy atom. The van der Waals surface area contributed by atoms with Crippen molar-refractivity contribution >= 4 is 11.9 Å². The molecule has 0 radical (unpaired) electrons. The second kappa shape index (κ2) is 5.14. The molecule has 0 unspecified atom stereocenters. The van der Waals surface area contributed by atoms with Gasteiger partial charge in [0.2, 0.25) is 0 Å². The average Bonchev–Trinajstić information content (AvgIpc) is 2.63. The number of carbonyl (C=O) groups excluding carboxylic acids is 2. The third kappa shape index (κ3) is 3.41. The molecule has 0 atom stereocenters. The molecule has 6 nitrogen and oxygen atoms in total. The normalized spacial score (nSPS) is 9.73. The first kappa shape index (κ1) is 11.2. The van der Waals surface area contributed by atoms with Crippen molar-refractivity contribution < 1.29 is 14.3 Å². The van der Waals surface area contributed by atoms with E-state index in [1.807, 2.05) is 13.2 Å². The Balaban J connectivity index is 2.27. The van der Waals surface area contributed by atoms with Crippen LogP contribution in [0.4, 0.5) is 0 Å². The number of nitrogens with one attached hydrogen (secondary N) is 1. The van der Waals surface area contributed by atoms with Crippen LogP contribution in [0.1, 0.15) is 5.56 Å². The lowest BCUT2D eigenvalue weighted by molar-refractivity contribution is -0.152. The predicted molar refractivity (Wildman–Crippen MR) is 51.9 cm³/mol. The number of ether oxygens (including phenoxy) is 1. The van der Waals surface area contributed by atoms with Crippen molar-refractivity contribution in [2.24, 2.45) is 7.05 Å². The van der Waals surface area contributed by atoms with Crippen LogP contribution in [0.25, 0.3) is 0 Å². The monoisotopic (exact) mass is 211 g/mol. The molecule has 1 N–H and O–H groups in total. The molecule has 0 aliphatic carbocycles. The minimum Gasteiger partial charge on any atom is -0.462 e. The summed E-state index contributed by atoms with van der Waals surface area (Å²) in [4.78, 5) is 21.7. The highest BCUT2D eigenvalue weighted by molar-refractivity contribution is 6.32. The molecule has 0 aromatic carbocycles. The zero-order valence-corrected chi connectivity index (χ0v) is 8.69. The van der Waals surface area contributed by atoms with E-state index in [0.29, 0.717) is 13.0 Å². The minimum absolute atomic E-state index is 0.389. The van der Waals surface area contributed by atoms with Crippen LogP contribution in [-0.2, 0) is 27.8 Å². The van der Waals surface area contributed by atoms with E-state index in [1.54, 1.807) is 10.9 Å². The maximum Gasteiger partial charge on any atom is 0.396 e. The van der Waals surface area contributed by atoms with Gasteiger partial charge in [0.1, 0.15) is 0 Å². The zero-order valence-electron chi connectivity index (χ0n) is 8.69. The fourth-order valence-electron chi connectivity index (χ4n) is 1.09. The number of carbonyl (C=O) groups is 2. The molecular weight excluding hydrogens is 198 g/mol. The highest BCUT2D eigenvalue weighted by Crippen LogP contribution is 1.95. The number of aromatic nitrogens is 2. The Labute approximate surface area is 87.2 Å². The highest BCUT2D eigenvalue weighted by Gasteiger charge is 2.12. The summed E-state index contributed by atoms with van der Waals surface area (Å²) in [5, 5.41) is 6.42. The Hall–Kier alpha value is -1.85. The molecule has 6 heteroatoms. The van der Waals surface area contributed by atoms with E-state index in [9.17, 15) is 9.59 Å². The van der Waals surface area contributed by atoms with Crippen molar-refractivity contribution in [1.29, 1.82) is 0 Å². The van der Waals surface area contributed by atoms with Crippen molar-refractivity contribution in [3.63, 3.8) is 0 Å². The van der Waals surface area contributed by atoms with E-state index in [1.165, 1.54) is 7.11 Å². The van der Waals surface area contributed by atoms with Crippen molar-refractivity contribution in [3.05, 3.63) is 18.0 Å². The zero-order chi connectivity index (χ0) is 11.3. The summed E-state index contributed by atoms with van der Waals surface area (Å²) >= 11 is 0. The summed E-state index contributed by atoms with van der Waals surface area (Å²) in [5.74, 6) is -1.59. The number of hydrogen-bond acceptors (Lipinski definition) is 4. The van der Waals surface area contributed by atoms with Gasteiger partial charge in [-0.05, 0) is 12.0 Å². The lowest BCUT2D eigenvalue weighted by Gasteiger charge is -2.01. The summed E-state index contributed by atoms with van der Waals surface area (Å²) in [5.41, 5.74) is 1.00. The molecule has 15 heavy (non-hydrogen) atoms. The first-order valence-electron chi connectivity index (χ1n) is 4.47. The number of hydrogen-bond donors (Lipinski definition) is 1. The third-order valence-electron chi connectivity index (χ3n) is 1.83. The van der Waals surface area contributed by atoms with Crippen LogP contribution in [-0.4, -0.2) is 35.3 Å². The maximum atomic E-state index is 11.0. The van der Waals surface area contributed by atoms with Crippen LogP contribution in [0.15, 0.2) is 12.4 Å². The van der Waals surface area contributed by atoms with Gasteiger partial charge in [0.15, 0.2) is 0 Å². The Morgan fingerprint density at radius 1 is 1.60 bits per heavy atom. The molecule has 0 aliphatic heterocycles. The fraction of sp³-hybridized carbons (Fsp3) is 0.444. The second-order valence-electron chi connectivity index (χ2n) is 3.02. The smallest absolute Gasteiger partial charge is 0.396 e. The molecule has 82 valence electrons. The number of esters is 1. The van der Waals surface area contributed by atoms with Gasteiger partial charge in [-0.25, -0.2) is 4.79 Å². The SMILES string of the molecule is COC(=O)C(=O)NCCc1cnn(C)c1. The molecule has 1 rings (SSSR count). The molecule has 0 saturated heterocycles. The van der Waals surface area contributed by atoms with E-state index in [0.717, 1.165) is 5.56 Å². The Morgan fingerprint density at radius 3 is 2.87 bits per heavy atom. The minimum atomic E-state index is -0.874. The molecule has 0 saturated carbocycles. The average molecular weight is 211 g/mol. The predicted octanol–water partition coefficient (Wildman–Crippen LogP) is -0.748. The topological polar surface area (TPSA) is 73.2 Å². The summed E-state index contributed by atoms with van der Waals surface area (Å²) in [7, 11) is 2.99. The van der Waals surface area contributed by atoms with Gasteiger partial charge in [-0.1, -0.05) is 0 Å². The molecule has 1 amide bonds. The lowest BCUT2D eigenvalue weighted by atomic mass is 10.2. The molecule has 1 aromatic heterocycles. The lowest BCUT2D eigenvalue weighted by Crippen LogP contribution is -2.33. The number of rotatable bonds is 3. The molecule has 1 aromatic rings. The second-order valence-corrected chi connectivity index (χ2v) is 3.02. The van der Waals surface area contributed by atoms with Crippen LogP contribution in [0.2, 0.25) is 0 Å². The van der Waals surface area contributed by atoms with Crippen molar-refractivity contribution in [2.45, 2.75) is 6.42 Å². The summed E-state index contributed by atoms with van der Waals surface area (Å²) in [6, 6.07) is 0. The van der Waals surface area contributed by atoms with Crippen LogP contribution < -0.4 is 5.32 Å². The van der Waals surface area contributed by atoms with Crippen LogP contribution >= 0.6 is 0 Å². The van der Waals surface area contributed by atoms with E-state index in [-0.39, 0.29) is 0 Å². The van der Waals surface area contributed by atoms with Crippen LogP contribution in [0.3, 0.4) is 0 Å². The van der Waals surface area contributed by atoms with Gasteiger partial charge in [-0.2, -0.15) is 5.10 Å².